The van der Waals surface area contributed by atoms with Gasteiger partial charge in [0.2, 0.25) is 11.9 Å². The molecule has 0 spiro atoms. The third-order valence-electron chi connectivity index (χ3n) is 6.37. The highest BCUT2D eigenvalue weighted by molar-refractivity contribution is 6.32. The Morgan fingerprint density at radius 2 is 2.03 bits per heavy atom. The summed E-state index contributed by atoms with van der Waals surface area (Å²) in [6, 6.07) is 9.45. The van der Waals surface area contributed by atoms with Gasteiger partial charge in [0, 0.05) is 30.1 Å². The average Bonchev–Trinajstić information content (AvgIpc) is 3.30. The second-order valence-electron chi connectivity index (χ2n) is 8.59. The van der Waals surface area contributed by atoms with E-state index in [1.807, 2.05) is 31.2 Å². The van der Waals surface area contributed by atoms with E-state index in [1.54, 1.807) is 17.9 Å². The predicted octanol–water partition coefficient (Wildman–Crippen LogP) is 3.29. The van der Waals surface area contributed by atoms with Crippen LogP contribution in [-0.2, 0) is 22.7 Å². The van der Waals surface area contributed by atoms with E-state index in [1.165, 1.54) is 0 Å². The monoisotopic (exact) mass is 451 g/mol. The van der Waals surface area contributed by atoms with E-state index < -0.39 is 11.4 Å². The largest absolute Gasteiger partial charge is 0.352 e. The molecule has 2 aromatic carbocycles. The maximum atomic E-state index is 13.0. The summed E-state index contributed by atoms with van der Waals surface area (Å²) in [5.74, 6) is -0.267. The number of nitrogens with zero attached hydrogens (tertiary/aromatic N) is 2. The van der Waals surface area contributed by atoms with Crippen molar-refractivity contribution in [2.75, 3.05) is 5.32 Å². The van der Waals surface area contributed by atoms with Crippen molar-refractivity contribution in [2.45, 2.75) is 45.3 Å². The number of piperidine rings is 1. The number of aromatic nitrogens is 2. The average molecular weight is 452 g/mol. The molecule has 8 nitrogen and oxygen atoms in total. The molecule has 0 bridgehead atoms. The lowest BCUT2D eigenvalue weighted by atomic mass is 9.89. The maximum absolute atomic E-state index is 13.0. The number of carbonyl (C=O) groups is 3. The number of aromatic amines is 1. The summed E-state index contributed by atoms with van der Waals surface area (Å²) in [6.07, 6.45) is 0.543. The minimum absolute atomic E-state index is 0.184. The van der Waals surface area contributed by atoms with Crippen LogP contribution in [0.2, 0.25) is 5.02 Å². The number of fused-ring (bicyclic) bond motifs is 2. The SMILES string of the molecule is Cc1cc2[nH]c(NCc3ccc4c(c3)CN(C3(C)CCC(=O)NC3=O)C4=O)nc2cc1Cl. The first-order valence-corrected chi connectivity index (χ1v) is 10.8. The van der Waals surface area contributed by atoms with Gasteiger partial charge in [-0.2, -0.15) is 0 Å². The van der Waals surface area contributed by atoms with Gasteiger partial charge in [0.1, 0.15) is 5.54 Å². The number of halogens is 1. The summed E-state index contributed by atoms with van der Waals surface area (Å²) in [4.78, 5) is 46.4. The fourth-order valence-corrected chi connectivity index (χ4v) is 4.50. The van der Waals surface area contributed by atoms with Crippen molar-refractivity contribution in [3.05, 3.63) is 57.6 Å². The van der Waals surface area contributed by atoms with Crippen molar-refractivity contribution in [2.24, 2.45) is 0 Å². The van der Waals surface area contributed by atoms with E-state index in [-0.39, 0.29) is 18.2 Å². The molecule has 164 valence electrons. The molecule has 9 heteroatoms. The highest BCUT2D eigenvalue weighted by atomic mass is 35.5. The Bertz CT molecular complexity index is 1260. The fourth-order valence-electron chi connectivity index (χ4n) is 4.34. The second kappa shape index (κ2) is 7.34. The molecule has 2 aliphatic rings. The van der Waals surface area contributed by atoms with Gasteiger partial charge in [-0.1, -0.05) is 23.7 Å². The van der Waals surface area contributed by atoms with Crippen molar-refractivity contribution in [3.63, 3.8) is 0 Å². The van der Waals surface area contributed by atoms with Crippen molar-refractivity contribution in [1.29, 1.82) is 0 Å². The number of H-pyrrole nitrogens is 1. The molecule has 2 aliphatic heterocycles. The number of carbonyl (C=O) groups excluding carboxylic acids is 3. The topological polar surface area (TPSA) is 107 Å². The second-order valence-corrected chi connectivity index (χ2v) is 9.00. The van der Waals surface area contributed by atoms with Gasteiger partial charge >= 0.3 is 0 Å². The lowest BCUT2D eigenvalue weighted by Gasteiger charge is -2.39. The van der Waals surface area contributed by atoms with Gasteiger partial charge in [-0.15, -0.1) is 0 Å². The number of rotatable bonds is 4. The van der Waals surface area contributed by atoms with Crippen molar-refractivity contribution in [1.82, 2.24) is 20.2 Å². The molecule has 0 saturated carbocycles. The molecule has 3 aromatic rings. The number of hydrogen-bond acceptors (Lipinski definition) is 5. The van der Waals surface area contributed by atoms with Crippen LogP contribution in [0.25, 0.3) is 11.0 Å². The highest BCUT2D eigenvalue weighted by Crippen LogP contribution is 2.34. The van der Waals surface area contributed by atoms with E-state index in [0.717, 1.165) is 27.7 Å². The van der Waals surface area contributed by atoms with Crippen molar-refractivity contribution < 1.29 is 14.4 Å². The van der Waals surface area contributed by atoms with Crippen LogP contribution in [0.1, 0.15) is 46.8 Å². The Morgan fingerprint density at radius 3 is 2.81 bits per heavy atom. The zero-order chi connectivity index (χ0) is 22.6. The molecule has 3 amide bonds. The Labute approximate surface area is 189 Å². The van der Waals surface area contributed by atoms with Crippen LogP contribution in [0.5, 0.6) is 0 Å². The third-order valence-corrected chi connectivity index (χ3v) is 6.78. The number of anilines is 1. The third kappa shape index (κ3) is 3.31. The van der Waals surface area contributed by atoms with Crippen LogP contribution in [0.3, 0.4) is 0 Å². The normalized spacial score (nSPS) is 20.6. The Balaban J connectivity index is 1.33. The van der Waals surface area contributed by atoms with Gasteiger partial charge in [0.15, 0.2) is 0 Å². The zero-order valence-electron chi connectivity index (χ0n) is 17.7. The molecule has 0 aliphatic carbocycles. The molecule has 1 unspecified atom stereocenters. The van der Waals surface area contributed by atoms with Gasteiger partial charge in [-0.3, -0.25) is 19.7 Å². The molecule has 0 radical (unpaired) electrons. The van der Waals surface area contributed by atoms with Crippen LogP contribution < -0.4 is 10.6 Å². The quantitative estimate of drug-likeness (QED) is 0.527. The van der Waals surface area contributed by atoms with Gasteiger partial charge in [0.05, 0.1) is 11.0 Å². The van der Waals surface area contributed by atoms with Gasteiger partial charge < -0.3 is 15.2 Å². The first kappa shape index (κ1) is 20.5. The van der Waals surface area contributed by atoms with E-state index in [0.29, 0.717) is 36.0 Å². The lowest BCUT2D eigenvalue weighted by Crippen LogP contribution is -2.61. The van der Waals surface area contributed by atoms with Crippen LogP contribution in [0.4, 0.5) is 5.95 Å². The number of aryl methyl sites for hydroxylation is 1. The zero-order valence-corrected chi connectivity index (χ0v) is 18.5. The van der Waals surface area contributed by atoms with Crippen LogP contribution in [-0.4, -0.2) is 38.1 Å². The van der Waals surface area contributed by atoms with Crippen LogP contribution in [0, 0.1) is 6.92 Å². The van der Waals surface area contributed by atoms with Crippen LogP contribution in [0.15, 0.2) is 30.3 Å². The molecule has 1 fully saturated rings. The fraction of sp³-hybridized carbons (Fsp3) is 0.304. The number of benzene rings is 2. The molecule has 5 rings (SSSR count). The molecule has 3 N–H and O–H groups in total. The number of nitrogens with one attached hydrogen (secondary N) is 3. The Kier molecular flexibility index (Phi) is 4.70. The van der Waals surface area contributed by atoms with Gasteiger partial charge in [0.25, 0.3) is 11.8 Å². The summed E-state index contributed by atoms with van der Waals surface area (Å²) in [5.41, 5.74) is 4.09. The standard InChI is InChI=1S/C23H22ClN5O3/c1-12-7-17-18(9-16(12)24)27-22(26-17)25-10-13-3-4-15-14(8-13)11-29(20(15)31)23(2)6-5-19(30)28-21(23)32/h3-4,7-9H,5-6,10-11H2,1-2H3,(H2,25,26,27)(H,28,30,32). The Hall–Kier alpha value is -3.39. The number of imidazole rings is 1. The summed E-state index contributed by atoms with van der Waals surface area (Å²) >= 11 is 6.18. The predicted molar refractivity (Wildman–Crippen MR) is 120 cm³/mol. The summed E-state index contributed by atoms with van der Waals surface area (Å²) < 4.78 is 0. The number of hydrogen-bond donors (Lipinski definition) is 3. The lowest BCUT2D eigenvalue weighted by molar-refractivity contribution is -0.142. The molecule has 32 heavy (non-hydrogen) atoms. The Morgan fingerprint density at radius 1 is 1.22 bits per heavy atom. The van der Waals surface area contributed by atoms with Crippen molar-refractivity contribution in [3.8, 4) is 0 Å². The molecule has 3 heterocycles. The van der Waals surface area contributed by atoms with Gasteiger partial charge in [-0.25, -0.2) is 4.98 Å². The van der Waals surface area contributed by atoms with E-state index in [4.69, 9.17) is 11.6 Å². The van der Waals surface area contributed by atoms with E-state index in [2.05, 4.69) is 20.6 Å². The molecular weight excluding hydrogens is 430 g/mol. The minimum Gasteiger partial charge on any atom is -0.352 e. The number of amides is 3. The maximum Gasteiger partial charge on any atom is 0.255 e. The van der Waals surface area contributed by atoms with E-state index in [9.17, 15) is 14.4 Å². The van der Waals surface area contributed by atoms with Crippen LogP contribution >= 0.6 is 11.6 Å². The summed E-state index contributed by atoms with van der Waals surface area (Å²) in [7, 11) is 0. The molecule has 1 saturated heterocycles. The molecular formula is C23H22ClN5O3. The highest BCUT2D eigenvalue weighted by Gasteiger charge is 2.48. The summed E-state index contributed by atoms with van der Waals surface area (Å²) in [5, 5.41) is 6.31. The minimum atomic E-state index is -1.03. The summed E-state index contributed by atoms with van der Waals surface area (Å²) in [6.45, 7) is 4.51. The smallest absolute Gasteiger partial charge is 0.255 e. The first-order chi connectivity index (χ1) is 15.2. The number of imide groups is 1. The van der Waals surface area contributed by atoms with Crippen molar-refractivity contribution >= 4 is 46.3 Å². The first-order valence-electron chi connectivity index (χ1n) is 10.4. The van der Waals surface area contributed by atoms with Gasteiger partial charge in [-0.05, 0) is 55.2 Å². The van der Waals surface area contributed by atoms with E-state index >= 15 is 0 Å². The molecule has 1 atom stereocenters. The molecule has 1 aromatic heterocycles.